The highest BCUT2D eigenvalue weighted by Gasteiger charge is 2.34. The van der Waals surface area contributed by atoms with Crippen molar-refractivity contribution in [3.63, 3.8) is 0 Å². The molecule has 2 atom stereocenters. The molecule has 0 aromatic heterocycles. The maximum Gasteiger partial charge on any atom is 0.154 e. The first kappa shape index (κ1) is 16.5. The quantitative estimate of drug-likeness (QED) is 0.842. The van der Waals surface area contributed by atoms with Gasteiger partial charge >= 0.3 is 0 Å². The fraction of sp³-hybridized carbons (Fsp3) is 0.647. The molecule has 0 spiro atoms. The van der Waals surface area contributed by atoms with E-state index in [9.17, 15) is 8.42 Å². The molecule has 1 N–H and O–H groups in total. The summed E-state index contributed by atoms with van der Waals surface area (Å²) in [5, 5.41) is 3.29. The van der Waals surface area contributed by atoms with Gasteiger partial charge in [-0.3, -0.25) is 0 Å². The van der Waals surface area contributed by atoms with Gasteiger partial charge in [-0.15, -0.1) is 0 Å². The molecule has 21 heavy (non-hydrogen) atoms. The van der Waals surface area contributed by atoms with Gasteiger partial charge in [-0.25, -0.2) is 8.42 Å². The van der Waals surface area contributed by atoms with Gasteiger partial charge in [-0.2, -0.15) is 0 Å². The van der Waals surface area contributed by atoms with Gasteiger partial charge in [-0.05, 0) is 44.2 Å². The Balaban J connectivity index is 2.03. The van der Waals surface area contributed by atoms with Gasteiger partial charge < -0.3 is 5.32 Å². The summed E-state index contributed by atoms with van der Waals surface area (Å²) in [5.41, 5.74) is 1.29. The summed E-state index contributed by atoms with van der Waals surface area (Å²) >= 11 is 0. The highest BCUT2D eigenvalue weighted by atomic mass is 32.2. The highest BCUT2D eigenvalue weighted by Crippen LogP contribution is 2.24. The van der Waals surface area contributed by atoms with Crippen molar-refractivity contribution in [3.8, 4) is 0 Å². The van der Waals surface area contributed by atoms with Crippen LogP contribution in [0.15, 0.2) is 30.3 Å². The van der Waals surface area contributed by atoms with Gasteiger partial charge in [0.1, 0.15) is 0 Å². The van der Waals surface area contributed by atoms with Crippen molar-refractivity contribution in [2.75, 3.05) is 12.3 Å². The number of rotatable bonds is 7. The lowest BCUT2D eigenvalue weighted by Gasteiger charge is -2.31. The van der Waals surface area contributed by atoms with Crippen LogP contribution in [0.4, 0.5) is 0 Å². The molecule has 1 saturated heterocycles. The number of nitrogens with one attached hydrogen (secondary N) is 1. The normalized spacial score (nSPS) is 22.8. The van der Waals surface area contributed by atoms with Gasteiger partial charge in [0.05, 0.1) is 11.0 Å². The van der Waals surface area contributed by atoms with Crippen molar-refractivity contribution in [2.45, 2.75) is 56.7 Å². The molecule has 0 aliphatic carbocycles. The van der Waals surface area contributed by atoms with E-state index < -0.39 is 9.84 Å². The van der Waals surface area contributed by atoms with Crippen LogP contribution < -0.4 is 5.32 Å². The largest absolute Gasteiger partial charge is 0.313 e. The molecule has 118 valence electrons. The Labute approximate surface area is 129 Å². The molecule has 2 rings (SSSR count). The number of sulfone groups is 1. The third kappa shape index (κ3) is 4.82. The van der Waals surface area contributed by atoms with Crippen LogP contribution in [0.2, 0.25) is 0 Å². The van der Waals surface area contributed by atoms with E-state index in [0.717, 1.165) is 45.1 Å². The summed E-state index contributed by atoms with van der Waals surface area (Å²) in [4.78, 5) is 0. The zero-order chi connectivity index (χ0) is 15.1. The molecule has 1 fully saturated rings. The fourth-order valence-electron chi connectivity index (χ4n) is 3.15. The first-order valence-electron chi connectivity index (χ1n) is 8.12. The lowest BCUT2D eigenvalue weighted by atomic mass is 9.99. The second-order valence-corrected chi connectivity index (χ2v) is 8.33. The van der Waals surface area contributed by atoms with Crippen molar-refractivity contribution < 1.29 is 8.42 Å². The van der Waals surface area contributed by atoms with Crippen LogP contribution in [-0.4, -0.2) is 32.0 Å². The Hall–Kier alpha value is -0.870. The summed E-state index contributed by atoms with van der Waals surface area (Å²) in [6, 6.07) is 10.4. The molecule has 0 amide bonds. The number of aryl methyl sites for hydroxylation is 1. The molecule has 0 saturated carbocycles. The minimum absolute atomic E-state index is 0.0930. The topological polar surface area (TPSA) is 46.2 Å². The van der Waals surface area contributed by atoms with Crippen LogP contribution in [0.3, 0.4) is 0 Å². The van der Waals surface area contributed by atoms with Crippen LogP contribution in [0, 0.1) is 0 Å². The fourth-order valence-corrected chi connectivity index (χ4v) is 5.32. The molecule has 3 nitrogen and oxygen atoms in total. The van der Waals surface area contributed by atoms with E-state index in [1.165, 1.54) is 5.56 Å². The lowest BCUT2D eigenvalue weighted by Crippen LogP contribution is -2.47. The average Bonchev–Trinajstić information content (AvgIpc) is 2.49. The minimum Gasteiger partial charge on any atom is -0.313 e. The molecule has 0 radical (unpaired) electrons. The average molecular weight is 309 g/mol. The SMILES string of the molecule is CCCNC(CCc1ccccc1)C1CCCCS1(=O)=O. The zero-order valence-corrected chi connectivity index (χ0v) is 13.7. The monoisotopic (exact) mass is 309 g/mol. The third-order valence-corrected chi connectivity index (χ3v) is 6.67. The van der Waals surface area contributed by atoms with Crippen molar-refractivity contribution in [3.05, 3.63) is 35.9 Å². The molecule has 2 unspecified atom stereocenters. The molecule has 1 aliphatic rings. The van der Waals surface area contributed by atoms with Gasteiger partial charge in [0.2, 0.25) is 0 Å². The molecule has 1 aromatic carbocycles. The molecule has 1 aromatic rings. The Morgan fingerprint density at radius 1 is 1.24 bits per heavy atom. The Morgan fingerprint density at radius 3 is 2.67 bits per heavy atom. The molecular weight excluding hydrogens is 282 g/mol. The van der Waals surface area contributed by atoms with Crippen molar-refractivity contribution in [2.24, 2.45) is 0 Å². The Morgan fingerprint density at radius 2 is 2.00 bits per heavy atom. The first-order valence-corrected chi connectivity index (χ1v) is 9.84. The van der Waals surface area contributed by atoms with Crippen LogP contribution in [0.1, 0.15) is 44.6 Å². The molecule has 1 heterocycles. The van der Waals surface area contributed by atoms with Crippen LogP contribution in [-0.2, 0) is 16.3 Å². The van der Waals surface area contributed by atoms with E-state index in [4.69, 9.17) is 0 Å². The van der Waals surface area contributed by atoms with Crippen molar-refractivity contribution in [1.82, 2.24) is 5.32 Å². The van der Waals surface area contributed by atoms with E-state index in [-0.39, 0.29) is 11.3 Å². The van der Waals surface area contributed by atoms with Gasteiger partial charge in [0, 0.05) is 6.04 Å². The Kier molecular flexibility index (Phi) is 6.24. The number of benzene rings is 1. The molecular formula is C17H27NO2S. The van der Waals surface area contributed by atoms with Gasteiger partial charge in [-0.1, -0.05) is 43.7 Å². The lowest BCUT2D eigenvalue weighted by molar-refractivity contribution is 0.417. The third-order valence-electron chi connectivity index (χ3n) is 4.32. The summed E-state index contributed by atoms with van der Waals surface area (Å²) in [6.07, 6.45) is 5.56. The van der Waals surface area contributed by atoms with Gasteiger partial charge in [0.15, 0.2) is 9.84 Å². The summed E-state index contributed by atoms with van der Waals surface area (Å²) in [6.45, 7) is 3.02. The van der Waals surface area contributed by atoms with Crippen LogP contribution >= 0.6 is 0 Å². The second-order valence-electron chi connectivity index (χ2n) is 5.99. The highest BCUT2D eigenvalue weighted by molar-refractivity contribution is 7.92. The predicted octanol–water partition coefficient (Wildman–Crippen LogP) is 2.95. The molecule has 4 heteroatoms. The molecule has 0 bridgehead atoms. The van der Waals surface area contributed by atoms with E-state index >= 15 is 0 Å². The predicted molar refractivity (Wildman–Crippen MR) is 88.3 cm³/mol. The standard InChI is InChI=1S/C17H27NO2S/c1-2-13-18-16(12-11-15-8-4-3-5-9-15)17-10-6-7-14-21(17,19)20/h3-5,8-9,16-18H,2,6-7,10-14H2,1H3. The second kappa shape index (κ2) is 7.95. The van der Waals surface area contributed by atoms with E-state index in [1.807, 2.05) is 18.2 Å². The zero-order valence-electron chi connectivity index (χ0n) is 12.9. The van der Waals surface area contributed by atoms with Gasteiger partial charge in [0.25, 0.3) is 0 Å². The summed E-state index contributed by atoms with van der Waals surface area (Å²) < 4.78 is 24.7. The maximum absolute atomic E-state index is 12.4. The minimum atomic E-state index is -2.92. The van der Waals surface area contributed by atoms with Crippen LogP contribution in [0.5, 0.6) is 0 Å². The first-order chi connectivity index (χ1) is 10.1. The maximum atomic E-state index is 12.4. The van der Waals surface area contributed by atoms with E-state index in [1.54, 1.807) is 0 Å². The number of hydrogen-bond donors (Lipinski definition) is 1. The van der Waals surface area contributed by atoms with E-state index in [2.05, 4.69) is 24.4 Å². The van der Waals surface area contributed by atoms with Crippen molar-refractivity contribution in [1.29, 1.82) is 0 Å². The summed E-state index contributed by atoms with van der Waals surface area (Å²) in [5.74, 6) is 0.368. The smallest absolute Gasteiger partial charge is 0.154 e. The van der Waals surface area contributed by atoms with Crippen molar-refractivity contribution >= 4 is 9.84 Å². The number of hydrogen-bond acceptors (Lipinski definition) is 3. The molecule has 1 aliphatic heterocycles. The van der Waals surface area contributed by atoms with Crippen LogP contribution in [0.25, 0.3) is 0 Å². The van der Waals surface area contributed by atoms with E-state index in [0.29, 0.717) is 5.75 Å². The Bertz CT molecular complexity index is 513. The summed E-state index contributed by atoms with van der Waals surface area (Å²) in [7, 11) is -2.92.